The first-order valence-corrected chi connectivity index (χ1v) is 7.36. The highest BCUT2D eigenvalue weighted by Crippen LogP contribution is 2.21. The lowest BCUT2D eigenvalue weighted by molar-refractivity contribution is -0.131. The SMILES string of the molecule is CCN(C(=O)c1csc(C=CC(=O)O)c1)c1ccccc1. The summed E-state index contributed by atoms with van der Waals surface area (Å²) < 4.78 is 0. The summed E-state index contributed by atoms with van der Waals surface area (Å²) in [5, 5.41) is 10.4. The molecule has 0 aliphatic heterocycles. The highest BCUT2D eigenvalue weighted by Gasteiger charge is 2.16. The molecule has 1 aromatic carbocycles. The Bertz CT molecular complexity index is 661. The van der Waals surface area contributed by atoms with Crippen LogP contribution in [0.3, 0.4) is 0 Å². The standard InChI is InChI=1S/C16H15NO3S/c1-2-17(13-6-4-3-5-7-13)16(20)12-10-14(21-11-12)8-9-15(18)19/h3-11H,2H2,1H3,(H,18,19). The molecule has 5 heteroatoms. The number of anilines is 1. The Morgan fingerprint density at radius 2 is 2.00 bits per heavy atom. The van der Waals surface area contributed by atoms with Crippen LogP contribution in [0.25, 0.3) is 6.08 Å². The van der Waals surface area contributed by atoms with Crippen LogP contribution in [0.1, 0.15) is 22.2 Å². The third-order valence-corrected chi connectivity index (χ3v) is 3.78. The molecule has 2 rings (SSSR count). The van der Waals surface area contributed by atoms with Crippen molar-refractivity contribution in [2.75, 3.05) is 11.4 Å². The Labute approximate surface area is 127 Å². The van der Waals surface area contributed by atoms with E-state index in [1.165, 1.54) is 17.4 Å². The van der Waals surface area contributed by atoms with E-state index in [1.807, 2.05) is 37.3 Å². The summed E-state index contributed by atoms with van der Waals surface area (Å²) in [7, 11) is 0. The zero-order valence-electron chi connectivity index (χ0n) is 11.5. The van der Waals surface area contributed by atoms with Gasteiger partial charge in [-0.25, -0.2) is 4.79 Å². The molecule has 1 heterocycles. The van der Waals surface area contributed by atoms with E-state index in [0.29, 0.717) is 12.1 Å². The van der Waals surface area contributed by atoms with Crippen LogP contribution in [0.15, 0.2) is 47.9 Å². The number of hydrogen-bond donors (Lipinski definition) is 1. The van der Waals surface area contributed by atoms with E-state index in [9.17, 15) is 9.59 Å². The lowest BCUT2D eigenvalue weighted by Gasteiger charge is -2.20. The Hall–Kier alpha value is -2.40. The molecule has 0 radical (unpaired) electrons. The molecular formula is C16H15NO3S. The van der Waals surface area contributed by atoms with E-state index < -0.39 is 5.97 Å². The number of rotatable bonds is 5. The zero-order valence-corrected chi connectivity index (χ0v) is 12.3. The first-order chi connectivity index (χ1) is 10.1. The van der Waals surface area contributed by atoms with Gasteiger partial charge < -0.3 is 10.0 Å². The van der Waals surface area contributed by atoms with Gasteiger partial charge in [0.2, 0.25) is 0 Å². The van der Waals surface area contributed by atoms with Gasteiger partial charge in [-0.05, 0) is 31.2 Å². The number of carboxylic acid groups (broad SMARTS) is 1. The second-order valence-electron chi connectivity index (χ2n) is 4.29. The number of para-hydroxylation sites is 1. The third-order valence-electron chi connectivity index (χ3n) is 2.89. The van der Waals surface area contributed by atoms with Crippen molar-refractivity contribution < 1.29 is 14.7 Å². The van der Waals surface area contributed by atoms with Gasteiger partial charge in [-0.15, -0.1) is 11.3 Å². The van der Waals surface area contributed by atoms with Crippen LogP contribution in [-0.2, 0) is 4.79 Å². The fourth-order valence-electron chi connectivity index (χ4n) is 1.91. The molecule has 2 aromatic rings. The highest BCUT2D eigenvalue weighted by molar-refractivity contribution is 7.11. The molecule has 0 bridgehead atoms. The van der Waals surface area contributed by atoms with Crippen LogP contribution in [0.4, 0.5) is 5.69 Å². The Balaban J connectivity index is 2.21. The van der Waals surface area contributed by atoms with Crippen LogP contribution in [0, 0.1) is 0 Å². The monoisotopic (exact) mass is 301 g/mol. The molecule has 0 atom stereocenters. The fraction of sp³-hybridized carbons (Fsp3) is 0.125. The number of aliphatic carboxylic acids is 1. The molecule has 0 spiro atoms. The largest absolute Gasteiger partial charge is 0.478 e. The van der Waals surface area contributed by atoms with E-state index in [-0.39, 0.29) is 5.91 Å². The van der Waals surface area contributed by atoms with E-state index in [4.69, 9.17) is 5.11 Å². The van der Waals surface area contributed by atoms with Crippen molar-refractivity contribution in [3.8, 4) is 0 Å². The average molecular weight is 301 g/mol. The number of hydrogen-bond acceptors (Lipinski definition) is 3. The lowest BCUT2D eigenvalue weighted by atomic mass is 10.2. The number of nitrogens with zero attached hydrogens (tertiary/aromatic N) is 1. The van der Waals surface area contributed by atoms with Crippen molar-refractivity contribution >= 4 is 35.0 Å². The summed E-state index contributed by atoms with van der Waals surface area (Å²) >= 11 is 1.35. The minimum atomic E-state index is -1.00. The normalized spacial score (nSPS) is 10.7. The van der Waals surface area contributed by atoms with Crippen LogP contribution < -0.4 is 4.90 Å². The molecule has 0 saturated heterocycles. The van der Waals surface area contributed by atoms with E-state index in [2.05, 4.69) is 0 Å². The summed E-state index contributed by atoms with van der Waals surface area (Å²) in [6.45, 7) is 2.49. The molecule has 0 unspecified atom stereocenters. The molecule has 4 nitrogen and oxygen atoms in total. The summed E-state index contributed by atoms with van der Waals surface area (Å²) in [5.41, 5.74) is 1.41. The van der Waals surface area contributed by atoms with Crippen molar-refractivity contribution in [2.24, 2.45) is 0 Å². The predicted molar refractivity (Wildman–Crippen MR) is 84.8 cm³/mol. The molecule has 21 heavy (non-hydrogen) atoms. The quantitative estimate of drug-likeness (QED) is 0.860. The number of benzene rings is 1. The number of amides is 1. The first-order valence-electron chi connectivity index (χ1n) is 6.48. The summed E-state index contributed by atoms with van der Waals surface area (Å²) in [4.78, 5) is 25.4. The van der Waals surface area contributed by atoms with Gasteiger partial charge in [0.05, 0.1) is 5.56 Å². The van der Waals surface area contributed by atoms with E-state index in [0.717, 1.165) is 16.6 Å². The summed E-state index contributed by atoms with van der Waals surface area (Å²) in [6, 6.07) is 11.2. The molecular weight excluding hydrogens is 286 g/mol. The fourth-order valence-corrected chi connectivity index (χ4v) is 2.69. The topological polar surface area (TPSA) is 57.6 Å². The molecule has 0 fully saturated rings. The van der Waals surface area contributed by atoms with E-state index in [1.54, 1.807) is 16.3 Å². The number of thiophene rings is 1. The number of carboxylic acids is 1. The molecule has 0 aliphatic carbocycles. The maximum Gasteiger partial charge on any atom is 0.328 e. The van der Waals surface area contributed by atoms with Crippen molar-refractivity contribution in [1.82, 2.24) is 0 Å². The summed E-state index contributed by atoms with van der Waals surface area (Å²) in [6.07, 6.45) is 2.55. The summed E-state index contributed by atoms with van der Waals surface area (Å²) in [5.74, 6) is -1.09. The Morgan fingerprint density at radius 1 is 1.29 bits per heavy atom. The molecule has 108 valence electrons. The zero-order chi connectivity index (χ0) is 15.2. The highest BCUT2D eigenvalue weighted by atomic mass is 32.1. The van der Waals surface area contributed by atoms with Crippen molar-refractivity contribution in [2.45, 2.75) is 6.92 Å². The van der Waals surface area contributed by atoms with Crippen LogP contribution in [0.2, 0.25) is 0 Å². The lowest BCUT2D eigenvalue weighted by Crippen LogP contribution is -2.30. The molecule has 1 aromatic heterocycles. The van der Waals surface area contributed by atoms with Gasteiger partial charge in [-0.1, -0.05) is 18.2 Å². The van der Waals surface area contributed by atoms with Gasteiger partial charge in [0.1, 0.15) is 0 Å². The minimum absolute atomic E-state index is 0.0880. The molecule has 1 N–H and O–H groups in total. The predicted octanol–water partition coefficient (Wildman–Crippen LogP) is 3.51. The van der Waals surface area contributed by atoms with Gasteiger partial charge in [-0.3, -0.25) is 4.79 Å². The maximum atomic E-state index is 12.5. The molecule has 1 amide bonds. The number of carbonyl (C=O) groups is 2. The maximum absolute atomic E-state index is 12.5. The minimum Gasteiger partial charge on any atom is -0.478 e. The third kappa shape index (κ3) is 3.79. The van der Waals surface area contributed by atoms with Crippen molar-refractivity contribution in [3.05, 3.63) is 58.3 Å². The van der Waals surface area contributed by atoms with Gasteiger partial charge in [-0.2, -0.15) is 0 Å². The van der Waals surface area contributed by atoms with Crippen LogP contribution in [-0.4, -0.2) is 23.5 Å². The van der Waals surface area contributed by atoms with Crippen LogP contribution in [0.5, 0.6) is 0 Å². The molecule has 0 saturated carbocycles. The smallest absolute Gasteiger partial charge is 0.328 e. The first kappa shape index (κ1) is 15.0. The Morgan fingerprint density at radius 3 is 2.62 bits per heavy atom. The molecule has 0 aliphatic rings. The van der Waals surface area contributed by atoms with Crippen molar-refractivity contribution in [1.29, 1.82) is 0 Å². The number of carbonyl (C=O) groups excluding carboxylic acids is 1. The second-order valence-corrected chi connectivity index (χ2v) is 5.24. The van der Waals surface area contributed by atoms with Crippen molar-refractivity contribution in [3.63, 3.8) is 0 Å². The van der Waals surface area contributed by atoms with Gasteiger partial charge >= 0.3 is 5.97 Å². The van der Waals surface area contributed by atoms with Gasteiger partial charge in [0.15, 0.2) is 0 Å². The second kappa shape index (κ2) is 6.85. The van der Waals surface area contributed by atoms with Crippen LogP contribution >= 0.6 is 11.3 Å². The van der Waals surface area contributed by atoms with Gasteiger partial charge in [0.25, 0.3) is 5.91 Å². The average Bonchev–Trinajstić information content (AvgIpc) is 2.96. The van der Waals surface area contributed by atoms with E-state index >= 15 is 0 Å². The van der Waals surface area contributed by atoms with Gasteiger partial charge in [0, 0.05) is 28.6 Å². The Kier molecular flexibility index (Phi) is 4.90.